The van der Waals surface area contributed by atoms with E-state index in [1.807, 2.05) is 0 Å². The van der Waals surface area contributed by atoms with Crippen molar-refractivity contribution in [2.45, 2.75) is 18.9 Å². The number of ether oxygens (including phenoxy) is 3. The molecular weight excluding hydrogens is 308 g/mol. The fraction of sp³-hybridized carbons (Fsp3) is 0.533. The maximum atomic E-state index is 12.3. The van der Waals surface area contributed by atoms with Crippen LogP contribution in [0.2, 0.25) is 0 Å². The molecule has 1 aliphatic rings. The SMILES string of the molecule is COc1cc(OC)c(C(=O)NCC(N)C2CC2)cc1OC.Cl. The summed E-state index contributed by atoms with van der Waals surface area (Å²) in [5, 5.41) is 2.84. The largest absolute Gasteiger partial charge is 0.496 e. The molecule has 0 spiro atoms. The lowest BCUT2D eigenvalue weighted by Crippen LogP contribution is -2.38. The Morgan fingerprint density at radius 2 is 1.73 bits per heavy atom. The summed E-state index contributed by atoms with van der Waals surface area (Å²) in [6, 6.07) is 3.25. The van der Waals surface area contributed by atoms with Crippen LogP contribution in [-0.2, 0) is 0 Å². The van der Waals surface area contributed by atoms with Gasteiger partial charge < -0.3 is 25.3 Å². The number of nitrogens with two attached hydrogens (primary N) is 1. The van der Waals surface area contributed by atoms with Gasteiger partial charge in [0.15, 0.2) is 11.5 Å². The Hall–Kier alpha value is -1.66. The summed E-state index contributed by atoms with van der Waals surface area (Å²) in [5.74, 6) is 1.74. The summed E-state index contributed by atoms with van der Waals surface area (Å²) < 4.78 is 15.7. The molecule has 1 atom stereocenters. The van der Waals surface area contributed by atoms with Crippen LogP contribution in [0.25, 0.3) is 0 Å². The molecule has 7 heteroatoms. The smallest absolute Gasteiger partial charge is 0.255 e. The quantitative estimate of drug-likeness (QED) is 0.793. The standard InChI is InChI=1S/C15H22N2O4.ClH/c1-19-12-7-14(21-3)13(20-2)6-10(12)15(18)17-8-11(16)9-4-5-9;/h6-7,9,11H,4-5,8,16H2,1-3H3,(H,17,18);1H. The third-order valence-corrected chi connectivity index (χ3v) is 3.68. The van der Waals surface area contributed by atoms with Gasteiger partial charge in [0, 0.05) is 24.7 Å². The van der Waals surface area contributed by atoms with Gasteiger partial charge in [0.05, 0.1) is 26.9 Å². The van der Waals surface area contributed by atoms with E-state index < -0.39 is 0 Å². The van der Waals surface area contributed by atoms with E-state index >= 15 is 0 Å². The first kappa shape index (κ1) is 18.4. The molecule has 1 amide bonds. The van der Waals surface area contributed by atoms with Crippen LogP contribution >= 0.6 is 12.4 Å². The van der Waals surface area contributed by atoms with Gasteiger partial charge in [-0.2, -0.15) is 0 Å². The van der Waals surface area contributed by atoms with Gasteiger partial charge in [-0.05, 0) is 18.8 Å². The molecule has 1 aromatic carbocycles. The van der Waals surface area contributed by atoms with Gasteiger partial charge in [-0.15, -0.1) is 12.4 Å². The molecule has 0 bridgehead atoms. The molecular formula is C15H23ClN2O4. The van der Waals surface area contributed by atoms with Crippen LogP contribution in [0.1, 0.15) is 23.2 Å². The van der Waals surface area contributed by atoms with Crippen molar-refractivity contribution in [2.75, 3.05) is 27.9 Å². The Morgan fingerprint density at radius 1 is 1.18 bits per heavy atom. The van der Waals surface area contributed by atoms with Gasteiger partial charge in [-0.3, -0.25) is 4.79 Å². The van der Waals surface area contributed by atoms with Crippen LogP contribution in [-0.4, -0.2) is 39.8 Å². The maximum Gasteiger partial charge on any atom is 0.255 e. The zero-order valence-electron chi connectivity index (χ0n) is 13.0. The van der Waals surface area contributed by atoms with E-state index in [0.717, 1.165) is 12.8 Å². The van der Waals surface area contributed by atoms with Crippen LogP contribution in [0, 0.1) is 5.92 Å². The molecule has 0 radical (unpaired) electrons. The lowest BCUT2D eigenvalue weighted by atomic mass is 10.1. The Balaban J connectivity index is 0.00000242. The lowest BCUT2D eigenvalue weighted by molar-refractivity contribution is 0.0947. The maximum absolute atomic E-state index is 12.3. The molecule has 0 aliphatic heterocycles. The van der Waals surface area contributed by atoms with E-state index in [0.29, 0.717) is 35.3 Å². The minimum atomic E-state index is -0.232. The summed E-state index contributed by atoms with van der Waals surface area (Å²) in [7, 11) is 4.56. The Bertz CT molecular complexity index is 521. The average molecular weight is 331 g/mol. The molecule has 1 fully saturated rings. The number of hydrogen-bond acceptors (Lipinski definition) is 5. The fourth-order valence-corrected chi connectivity index (χ4v) is 2.20. The number of carbonyl (C=O) groups excluding carboxylic acids is 1. The van der Waals surface area contributed by atoms with E-state index in [-0.39, 0.29) is 24.4 Å². The van der Waals surface area contributed by atoms with Crippen LogP contribution < -0.4 is 25.3 Å². The summed E-state index contributed by atoms with van der Waals surface area (Å²) in [5.41, 5.74) is 6.39. The number of rotatable bonds is 7. The highest BCUT2D eigenvalue weighted by Crippen LogP contribution is 2.34. The van der Waals surface area contributed by atoms with E-state index in [1.54, 1.807) is 12.1 Å². The molecule has 0 aromatic heterocycles. The number of amides is 1. The van der Waals surface area contributed by atoms with Crippen molar-refractivity contribution in [1.82, 2.24) is 5.32 Å². The third kappa shape index (κ3) is 4.18. The number of benzene rings is 1. The van der Waals surface area contributed by atoms with Crippen molar-refractivity contribution in [3.05, 3.63) is 17.7 Å². The predicted octanol–water partition coefficient (Wildman–Crippen LogP) is 1.60. The van der Waals surface area contributed by atoms with Crippen molar-refractivity contribution in [2.24, 2.45) is 11.7 Å². The Kier molecular flexibility index (Phi) is 6.77. The van der Waals surface area contributed by atoms with Gasteiger partial charge in [-0.25, -0.2) is 0 Å². The molecule has 1 saturated carbocycles. The molecule has 1 aromatic rings. The highest BCUT2D eigenvalue weighted by atomic mass is 35.5. The fourth-order valence-electron chi connectivity index (χ4n) is 2.20. The van der Waals surface area contributed by atoms with Crippen molar-refractivity contribution in [3.8, 4) is 17.2 Å². The molecule has 124 valence electrons. The molecule has 1 unspecified atom stereocenters. The van der Waals surface area contributed by atoms with Gasteiger partial charge >= 0.3 is 0 Å². The first-order valence-corrected chi connectivity index (χ1v) is 6.94. The van der Waals surface area contributed by atoms with Crippen LogP contribution in [0.4, 0.5) is 0 Å². The van der Waals surface area contributed by atoms with E-state index in [4.69, 9.17) is 19.9 Å². The first-order chi connectivity index (χ1) is 10.1. The van der Waals surface area contributed by atoms with Crippen molar-refractivity contribution < 1.29 is 19.0 Å². The van der Waals surface area contributed by atoms with E-state index in [1.165, 1.54) is 21.3 Å². The Labute approximate surface area is 136 Å². The van der Waals surface area contributed by atoms with Gasteiger partial charge in [-0.1, -0.05) is 0 Å². The number of nitrogens with one attached hydrogen (secondary N) is 1. The highest BCUT2D eigenvalue weighted by Gasteiger charge is 2.29. The summed E-state index contributed by atoms with van der Waals surface area (Å²) in [4.78, 5) is 12.3. The van der Waals surface area contributed by atoms with Crippen molar-refractivity contribution in [3.63, 3.8) is 0 Å². The second-order valence-electron chi connectivity index (χ2n) is 5.12. The number of hydrogen-bond donors (Lipinski definition) is 2. The molecule has 1 aliphatic carbocycles. The number of carbonyl (C=O) groups is 1. The van der Waals surface area contributed by atoms with Crippen LogP contribution in [0.5, 0.6) is 17.2 Å². The van der Waals surface area contributed by atoms with Crippen LogP contribution in [0.15, 0.2) is 12.1 Å². The first-order valence-electron chi connectivity index (χ1n) is 6.94. The molecule has 0 heterocycles. The summed E-state index contributed by atoms with van der Waals surface area (Å²) >= 11 is 0. The summed E-state index contributed by atoms with van der Waals surface area (Å²) in [6.45, 7) is 0.459. The van der Waals surface area contributed by atoms with Crippen LogP contribution in [0.3, 0.4) is 0 Å². The second-order valence-corrected chi connectivity index (χ2v) is 5.12. The van der Waals surface area contributed by atoms with E-state index in [9.17, 15) is 4.79 Å². The molecule has 0 saturated heterocycles. The second kappa shape index (κ2) is 8.10. The predicted molar refractivity (Wildman–Crippen MR) is 86.4 cm³/mol. The zero-order valence-corrected chi connectivity index (χ0v) is 13.9. The Morgan fingerprint density at radius 3 is 2.23 bits per heavy atom. The summed E-state index contributed by atoms with van der Waals surface area (Å²) in [6.07, 6.45) is 2.30. The van der Waals surface area contributed by atoms with Gasteiger partial charge in [0.2, 0.25) is 0 Å². The molecule has 6 nitrogen and oxygen atoms in total. The minimum Gasteiger partial charge on any atom is -0.496 e. The number of methoxy groups -OCH3 is 3. The zero-order chi connectivity index (χ0) is 15.4. The average Bonchev–Trinajstić information content (AvgIpc) is 3.35. The molecule has 2 rings (SSSR count). The molecule has 3 N–H and O–H groups in total. The van der Waals surface area contributed by atoms with Gasteiger partial charge in [0.1, 0.15) is 5.75 Å². The topological polar surface area (TPSA) is 82.8 Å². The van der Waals surface area contributed by atoms with Gasteiger partial charge in [0.25, 0.3) is 5.91 Å². The van der Waals surface area contributed by atoms with Crippen molar-refractivity contribution >= 4 is 18.3 Å². The van der Waals surface area contributed by atoms with Crippen molar-refractivity contribution in [1.29, 1.82) is 0 Å². The third-order valence-electron chi connectivity index (χ3n) is 3.68. The monoisotopic (exact) mass is 330 g/mol. The normalized spacial score (nSPS) is 14.5. The highest BCUT2D eigenvalue weighted by molar-refractivity contribution is 5.97. The van der Waals surface area contributed by atoms with E-state index in [2.05, 4.69) is 5.32 Å². The molecule has 22 heavy (non-hydrogen) atoms. The number of halogens is 1. The lowest BCUT2D eigenvalue weighted by Gasteiger charge is -2.15. The minimum absolute atomic E-state index is 0.